The number of furan rings is 1. The van der Waals surface area contributed by atoms with Crippen molar-refractivity contribution < 1.29 is 19.1 Å². The molecule has 2 rings (SSSR count). The molecule has 0 saturated heterocycles. The third-order valence-corrected chi connectivity index (χ3v) is 3.86. The minimum absolute atomic E-state index is 0.0325. The Morgan fingerprint density at radius 1 is 1.33 bits per heavy atom. The van der Waals surface area contributed by atoms with Gasteiger partial charge in [0.2, 0.25) is 5.76 Å². The highest BCUT2D eigenvalue weighted by molar-refractivity contribution is 9.10. The number of rotatable bonds is 3. The van der Waals surface area contributed by atoms with E-state index in [1.165, 1.54) is 6.26 Å². The molecule has 1 aromatic heterocycles. The van der Waals surface area contributed by atoms with Gasteiger partial charge in [0.1, 0.15) is 0 Å². The normalized spacial score (nSPS) is 23.6. The molecule has 1 fully saturated rings. The highest BCUT2D eigenvalue weighted by atomic mass is 79.9. The fourth-order valence-electron chi connectivity index (χ4n) is 2.19. The van der Waals surface area contributed by atoms with Gasteiger partial charge in [-0.15, -0.1) is 0 Å². The lowest BCUT2D eigenvalue weighted by Crippen LogP contribution is -2.38. The molecule has 1 saturated carbocycles. The van der Waals surface area contributed by atoms with Crippen molar-refractivity contribution >= 4 is 27.8 Å². The van der Waals surface area contributed by atoms with E-state index in [2.05, 4.69) is 21.2 Å². The molecule has 1 aliphatic carbocycles. The maximum atomic E-state index is 11.9. The monoisotopic (exact) mass is 315 g/mol. The first-order valence-electron chi connectivity index (χ1n) is 5.84. The van der Waals surface area contributed by atoms with Crippen LogP contribution in [-0.4, -0.2) is 23.0 Å². The molecule has 18 heavy (non-hydrogen) atoms. The van der Waals surface area contributed by atoms with Crippen LogP contribution in [0.25, 0.3) is 0 Å². The zero-order valence-electron chi connectivity index (χ0n) is 9.69. The number of halogens is 1. The van der Waals surface area contributed by atoms with Crippen molar-refractivity contribution in [2.24, 2.45) is 5.92 Å². The number of hydrogen-bond acceptors (Lipinski definition) is 3. The van der Waals surface area contributed by atoms with E-state index in [0.29, 0.717) is 30.2 Å². The number of carbonyl (C=O) groups is 2. The molecule has 1 amide bonds. The standard InChI is InChI=1S/C12H14BrNO4/c13-9-5-6-18-10(9)11(15)14-8-3-1-7(2-4-8)12(16)17/h5-8H,1-4H2,(H,14,15)(H,16,17). The molecule has 2 N–H and O–H groups in total. The number of aliphatic carboxylic acids is 1. The highest BCUT2D eigenvalue weighted by Crippen LogP contribution is 2.25. The second kappa shape index (κ2) is 5.56. The molecule has 0 atom stereocenters. The third-order valence-electron chi connectivity index (χ3n) is 3.24. The minimum Gasteiger partial charge on any atom is -0.481 e. The average molecular weight is 316 g/mol. The summed E-state index contributed by atoms with van der Waals surface area (Å²) in [5.74, 6) is -1.01. The predicted molar refractivity (Wildman–Crippen MR) is 67.3 cm³/mol. The molecule has 1 heterocycles. The first-order chi connectivity index (χ1) is 8.58. The Morgan fingerprint density at radius 3 is 2.50 bits per heavy atom. The van der Waals surface area contributed by atoms with Crippen molar-refractivity contribution in [1.82, 2.24) is 5.32 Å². The second-order valence-electron chi connectivity index (χ2n) is 4.46. The van der Waals surface area contributed by atoms with E-state index in [1.807, 2.05) is 0 Å². The van der Waals surface area contributed by atoms with Gasteiger partial charge in [0.15, 0.2) is 0 Å². The van der Waals surface area contributed by atoms with Crippen molar-refractivity contribution in [3.05, 3.63) is 22.6 Å². The summed E-state index contributed by atoms with van der Waals surface area (Å²) in [4.78, 5) is 22.7. The quantitative estimate of drug-likeness (QED) is 0.897. The summed E-state index contributed by atoms with van der Waals surface area (Å²) in [7, 11) is 0. The van der Waals surface area contributed by atoms with Gasteiger partial charge >= 0.3 is 5.97 Å². The first kappa shape index (κ1) is 13.1. The molecular weight excluding hydrogens is 302 g/mol. The van der Waals surface area contributed by atoms with Gasteiger partial charge in [-0.05, 0) is 47.7 Å². The summed E-state index contributed by atoms with van der Waals surface area (Å²) in [6.07, 6.45) is 4.06. The van der Waals surface area contributed by atoms with Crippen LogP contribution in [0.3, 0.4) is 0 Å². The summed E-state index contributed by atoms with van der Waals surface area (Å²) >= 11 is 3.23. The number of hydrogen-bond donors (Lipinski definition) is 2. The van der Waals surface area contributed by atoms with E-state index in [0.717, 1.165) is 0 Å². The second-order valence-corrected chi connectivity index (χ2v) is 5.31. The average Bonchev–Trinajstić information content (AvgIpc) is 2.76. The number of carbonyl (C=O) groups excluding carboxylic acids is 1. The van der Waals surface area contributed by atoms with E-state index < -0.39 is 5.97 Å². The van der Waals surface area contributed by atoms with E-state index in [-0.39, 0.29) is 23.6 Å². The molecule has 0 radical (unpaired) electrons. The Labute approximate surface area is 113 Å². The highest BCUT2D eigenvalue weighted by Gasteiger charge is 2.27. The lowest BCUT2D eigenvalue weighted by atomic mass is 9.86. The van der Waals surface area contributed by atoms with Crippen LogP contribution in [0.5, 0.6) is 0 Å². The Morgan fingerprint density at radius 2 is 2.00 bits per heavy atom. The number of carboxylic acids is 1. The maximum absolute atomic E-state index is 11.9. The topological polar surface area (TPSA) is 79.5 Å². The third kappa shape index (κ3) is 2.93. The van der Waals surface area contributed by atoms with Crippen molar-refractivity contribution in [2.75, 3.05) is 0 Å². The van der Waals surface area contributed by atoms with Crippen molar-refractivity contribution in [2.45, 2.75) is 31.7 Å². The molecule has 0 aliphatic heterocycles. The number of carboxylic acid groups (broad SMARTS) is 1. The van der Waals surface area contributed by atoms with Crippen LogP contribution >= 0.6 is 15.9 Å². The Balaban J connectivity index is 1.87. The van der Waals surface area contributed by atoms with Crippen LogP contribution in [0.4, 0.5) is 0 Å². The van der Waals surface area contributed by atoms with Crippen LogP contribution in [0, 0.1) is 5.92 Å². The van der Waals surface area contributed by atoms with Gasteiger partial charge in [-0.25, -0.2) is 0 Å². The van der Waals surface area contributed by atoms with Gasteiger partial charge in [-0.1, -0.05) is 0 Å². The zero-order valence-corrected chi connectivity index (χ0v) is 11.3. The van der Waals surface area contributed by atoms with Gasteiger partial charge in [-0.2, -0.15) is 0 Å². The first-order valence-corrected chi connectivity index (χ1v) is 6.64. The number of amides is 1. The lowest BCUT2D eigenvalue weighted by Gasteiger charge is -2.26. The molecule has 5 nitrogen and oxygen atoms in total. The predicted octanol–water partition coefficient (Wildman–Crippen LogP) is 2.42. The van der Waals surface area contributed by atoms with E-state index in [9.17, 15) is 9.59 Å². The smallest absolute Gasteiger partial charge is 0.306 e. The van der Waals surface area contributed by atoms with E-state index in [4.69, 9.17) is 9.52 Å². The SMILES string of the molecule is O=C(NC1CCC(C(=O)O)CC1)c1occc1Br. The van der Waals surface area contributed by atoms with Gasteiger partial charge in [-0.3, -0.25) is 9.59 Å². The van der Waals surface area contributed by atoms with Crippen LogP contribution in [0.1, 0.15) is 36.2 Å². The Kier molecular flexibility index (Phi) is 4.06. The van der Waals surface area contributed by atoms with Gasteiger partial charge in [0, 0.05) is 6.04 Å². The van der Waals surface area contributed by atoms with Crippen molar-refractivity contribution in [3.63, 3.8) is 0 Å². The minimum atomic E-state index is -0.742. The van der Waals surface area contributed by atoms with Crippen molar-refractivity contribution in [3.8, 4) is 0 Å². The van der Waals surface area contributed by atoms with E-state index >= 15 is 0 Å². The molecule has 98 valence electrons. The molecular formula is C12H14BrNO4. The largest absolute Gasteiger partial charge is 0.481 e. The molecule has 0 bridgehead atoms. The summed E-state index contributed by atoms with van der Waals surface area (Å²) in [5, 5.41) is 11.8. The molecule has 1 aliphatic rings. The van der Waals surface area contributed by atoms with Crippen LogP contribution in [0.15, 0.2) is 21.2 Å². The Bertz CT molecular complexity index is 449. The molecule has 0 unspecified atom stereocenters. The Hall–Kier alpha value is -1.30. The van der Waals surface area contributed by atoms with Gasteiger partial charge < -0.3 is 14.8 Å². The number of nitrogens with one attached hydrogen (secondary N) is 1. The lowest BCUT2D eigenvalue weighted by molar-refractivity contribution is -0.142. The van der Waals surface area contributed by atoms with Crippen LogP contribution < -0.4 is 5.32 Å². The van der Waals surface area contributed by atoms with Gasteiger partial charge in [0.25, 0.3) is 5.91 Å². The fourth-order valence-corrected chi connectivity index (χ4v) is 2.57. The zero-order chi connectivity index (χ0) is 13.1. The summed E-state index contributed by atoms with van der Waals surface area (Å²) in [5.41, 5.74) is 0. The molecule has 0 aromatic carbocycles. The van der Waals surface area contributed by atoms with Crippen molar-refractivity contribution in [1.29, 1.82) is 0 Å². The van der Waals surface area contributed by atoms with Crippen LogP contribution in [0.2, 0.25) is 0 Å². The van der Waals surface area contributed by atoms with Gasteiger partial charge in [0.05, 0.1) is 16.7 Å². The molecule has 1 aromatic rings. The fraction of sp³-hybridized carbons (Fsp3) is 0.500. The molecule has 0 spiro atoms. The van der Waals surface area contributed by atoms with Crippen LogP contribution in [-0.2, 0) is 4.79 Å². The summed E-state index contributed by atoms with van der Waals surface area (Å²) in [6.45, 7) is 0. The molecule has 6 heteroatoms. The maximum Gasteiger partial charge on any atom is 0.306 e. The summed E-state index contributed by atoms with van der Waals surface area (Å²) < 4.78 is 5.70. The summed E-state index contributed by atoms with van der Waals surface area (Å²) in [6, 6.07) is 1.70. The van der Waals surface area contributed by atoms with E-state index in [1.54, 1.807) is 6.07 Å².